The number of benzene rings is 2. The zero-order valence-electron chi connectivity index (χ0n) is 20.4. The van der Waals surface area contributed by atoms with Crippen molar-refractivity contribution in [3.8, 4) is 5.75 Å². The molecule has 0 bridgehead atoms. The van der Waals surface area contributed by atoms with Gasteiger partial charge in [0.25, 0.3) is 0 Å². The first-order valence-electron chi connectivity index (χ1n) is 11.4. The summed E-state index contributed by atoms with van der Waals surface area (Å²) in [6, 6.07) is 15.0. The van der Waals surface area contributed by atoms with Gasteiger partial charge in [0, 0.05) is 13.1 Å². The molecule has 34 heavy (non-hydrogen) atoms. The van der Waals surface area contributed by atoms with Crippen LogP contribution in [0.25, 0.3) is 0 Å². The highest BCUT2D eigenvalue weighted by molar-refractivity contribution is 7.92. The predicted molar refractivity (Wildman–Crippen MR) is 134 cm³/mol. The summed E-state index contributed by atoms with van der Waals surface area (Å²) in [5, 5.41) is 2.90. The number of carbonyl (C=O) groups is 2. The number of anilines is 1. The average molecular weight is 490 g/mol. The summed E-state index contributed by atoms with van der Waals surface area (Å²) >= 11 is 0. The molecular formula is C25H35N3O5S. The van der Waals surface area contributed by atoms with Crippen molar-refractivity contribution in [1.82, 2.24) is 10.2 Å². The molecule has 0 saturated carbocycles. The molecule has 2 aromatic carbocycles. The van der Waals surface area contributed by atoms with Gasteiger partial charge in [-0.2, -0.15) is 0 Å². The van der Waals surface area contributed by atoms with E-state index in [-0.39, 0.29) is 12.5 Å². The lowest BCUT2D eigenvalue weighted by Crippen LogP contribution is -2.52. The van der Waals surface area contributed by atoms with Crippen molar-refractivity contribution in [3.63, 3.8) is 0 Å². The van der Waals surface area contributed by atoms with Crippen LogP contribution in [-0.2, 0) is 26.2 Å². The van der Waals surface area contributed by atoms with Gasteiger partial charge in [-0.15, -0.1) is 0 Å². The average Bonchev–Trinajstić information content (AvgIpc) is 2.82. The SMILES string of the molecule is CCCCNC(=O)[C@H](CC)N(Cc1ccc(OC)cc1)C(=O)CN(c1ccccc1)S(C)(=O)=O. The quantitative estimate of drug-likeness (QED) is 0.436. The van der Waals surface area contributed by atoms with E-state index in [1.54, 1.807) is 49.6 Å². The second-order valence-electron chi connectivity index (χ2n) is 8.04. The maximum Gasteiger partial charge on any atom is 0.244 e. The summed E-state index contributed by atoms with van der Waals surface area (Å²) in [7, 11) is -2.16. The maximum absolute atomic E-state index is 13.6. The minimum absolute atomic E-state index is 0.162. The predicted octanol–water partition coefficient (Wildman–Crippen LogP) is 3.18. The Morgan fingerprint density at radius 2 is 1.68 bits per heavy atom. The van der Waals surface area contributed by atoms with E-state index in [1.165, 1.54) is 4.90 Å². The Balaban J connectivity index is 2.36. The van der Waals surface area contributed by atoms with Crippen LogP contribution in [0.3, 0.4) is 0 Å². The van der Waals surface area contributed by atoms with Crippen LogP contribution >= 0.6 is 0 Å². The maximum atomic E-state index is 13.6. The number of nitrogens with one attached hydrogen (secondary N) is 1. The molecule has 2 aromatic rings. The Morgan fingerprint density at radius 1 is 1.03 bits per heavy atom. The lowest BCUT2D eigenvalue weighted by atomic mass is 10.1. The van der Waals surface area contributed by atoms with Gasteiger partial charge in [0.1, 0.15) is 18.3 Å². The van der Waals surface area contributed by atoms with Crippen molar-refractivity contribution >= 4 is 27.5 Å². The number of ether oxygens (including phenoxy) is 1. The van der Waals surface area contributed by atoms with Crippen LogP contribution in [0.2, 0.25) is 0 Å². The third-order valence-electron chi connectivity index (χ3n) is 5.45. The van der Waals surface area contributed by atoms with Crippen molar-refractivity contribution in [2.45, 2.75) is 45.7 Å². The van der Waals surface area contributed by atoms with Gasteiger partial charge >= 0.3 is 0 Å². The molecule has 0 fully saturated rings. The molecule has 0 saturated heterocycles. The van der Waals surface area contributed by atoms with Gasteiger partial charge < -0.3 is 15.0 Å². The summed E-state index contributed by atoms with van der Waals surface area (Å²) in [5.74, 6) is -0.0238. The molecule has 0 aliphatic heterocycles. The van der Waals surface area contributed by atoms with Crippen LogP contribution < -0.4 is 14.4 Å². The van der Waals surface area contributed by atoms with Crippen LogP contribution in [-0.4, -0.2) is 57.6 Å². The van der Waals surface area contributed by atoms with Crippen molar-refractivity contribution < 1.29 is 22.7 Å². The molecule has 0 aliphatic carbocycles. The van der Waals surface area contributed by atoms with E-state index in [9.17, 15) is 18.0 Å². The highest BCUT2D eigenvalue weighted by atomic mass is 32.2. The highest BCUT2D eigenvalue weighted by Crippen LogP contribution is 2.20. The Kier molecular flexibility index (Phi) is 10.4. The molecule has 2 rings (SSSR count). The normalized spacial score (nSPS) is 12.0. The van der Waals surface area contributed by atoms with E-state index in [0.29, 0.717) is 24.4 Å². The summed E-state index contributed by atoms with van der Waals surface area (Å²) < 4.78 is 31.3. The Labute approximate surface area is 202 Å². The first kappa shape index (κ1) is 27.2. The fourth-order valence-electron chi connectivity index (χ4n) is 3.56. The molecule has 186 valence electrons. The molecule has 0 heterocycles. The highest BCUT2D eigenvalue weighted by Gasteiger charge is 2.31. The second-order valence-corrected chi connectivity index (χ2v) is 9.95. The van der Waals surface area contributed by atoms with Gasteiger partial charge in [-0.25, -0.2) is 8.42 Å². The van der Waals surface area contributed by atoms with Crippen molar-refractivity contribution in [2.75, 3.05) is 30.8 Å². The lowest BCUT2D eigenvalue weighted by molar-refractivity contribution is -0.140. The van der Waals surface area contributed by atoms with Crippen LogP contribution in [0.1, 0.15) is 38.7 Å². The van der Waals surface area contributed by atoms with E-state index < -0.39 is 28.5 Å². The Hall–Kier alpha value is -3.07. The molecule has 2 amide bonds. The first-order chi connectivity index (χ1) is 16.2. The smallest absolute Gasteiger partial charge is 0.244 e. The van der Waals surface area contributed by atoms with Crippen LogP contribution in [0.5, 0.6) is 5.75 Å². The van der Waals surface area contributed by atoms with E-state index in [1.807, 2.05) is 26.0 Å². The molecule has 0 aromatic heterocycles. The third-order valence-corrected chi connectivity index (χ3v) is 6.59. The summed E-state index contributed by atoms with van der Waals surface area (Å²) in [5.41, 5.74) is 1.20. The van der Waals surface area contributed by atoms with E-state index in [4.69, 9.17) is 4.74 Å². The topological polar surface area (TPSA) is 96.0 Å². The molecule has 8 nitrogen and oxygen atoms in total. The summed E-state index contributed by atoms with van der Waals surface area (Å²) in [6.45, 7) is 4.15. The van der Waals surface area contributed by atoms with Gasteiger partial charge in [-0.3, -0.25) is 13.9 Å². The number of para-hydroxylation sites is 1. The monoisotopic (exact) mass is 489 g/mol. The van der Waals surface area contributed by atoms with Gasteiger partial charge in [-0.1, -0.05) is 50.6 Å². The minimum atomic E-state index is -3.73. The van der Waals surface area contributed by atoms with Crippen LogP contribution in [0, 0.1) is 0 Å². The van der Waals surface area contributed by atoms with E-state index >= 15 is 0 Å². The number of hydrogen-bond acceptors (Lipinski definition) is 5. The molecule has 0 aliphatic rings. The summed E-state index contributed by atoms with van der Waals surface area (Å²) in [4.78, 5) is 28.0. The molecule has 0 radical (unpaired) electrons. The molecule has 1 N–H and O–H groups in total. The standard InChI is InChI=1S/C25H35N3O5S/c1-5-7-17-26-25(30)23(6-2)27(18-20-13-15-22(33-3)16-14-20)24(29)19-28(34(4,31)32)21-11-9-8-10-12-21/h8-16,23H,5-7,17-19H2,1-4H3,(H,26,30)/t23-/m0/s1. The third kappa shape index (κ3) is 7.76. The summed E-state index contributed by atoms with van der Waals surface area (Å²) in [6.07, 6.45) is 3.23. The minimum Gasteiger partial charge on any atom is -0.497 e. The zero-order chi connectivity index (χ0) is 25.1. The van der Waals surface area contributed by atoms with Crippen molar-refractivity contribution in [3.05, 3.63) is 60.2 Å². The van der Waals surface area contributed by atoms with Crippen molar-refractivity contribution in [2.24, 2.45) is 0 Å². The number of rotatable bonds is 13. The van der Waals surface area contributed by atoms with Gasteiger partial charge in [-0.05, 0) is 42.7 Å². The number of nitrogens with zero attached hydrogens (tertiary/aromatic N) is 2. The molecule has 9 heteroatoms. The fourth-order valence-corrected chi connectivity index (χ4v) is 4.41. The number of unbranched alkanes of at least 4 members (excludes halogenated alkanes) is 1. The van der Waals surface area contributed by atoms with Crippen LogP contribution in [0.15, 0.2) is 54.6 Å². The van der Waals surface area contributed by atoms with Crippen LogP contribution in [0.4, 0.5) is 5.69 Å². The van der Waals surface area contributed by atoms with Gasteiger partial charge in [0.2, 0.25) is 21.8 Å². The van der Waals surface area contributed by atoms with E-state index in [2.05, 4.69) is 5.32 Å². The van der Waals surface area contributed by atoms with Gasteiger partial charge in [0.15, 0.2) is 0 Å². The molecule has 1 atom stereocenters. The van der Waals surface area contributed by atoms with E-state index in [0.717, 1.165) is 29.0 Å². The number of amides is 2. The zero-order valence-corrected chi connectivity index (χ0v) is 21.2. The first-order valence-corrected chi connectivity index (χ1v) is 13.3. The number of sulfonamides is 1. The number of hydrogen-bond donors (Lipinski definition) is 1. The van der Waals surface area contributed by atoms with Gasteiger partial charge in [0.05, 0.1) is 19.1 Å². The number of methoxy groups -OCH3 is 1. The van der Waals surface area contributed by atoms with Crippen molar-refractivity contribution in [1.29, 1.82) is 0 Å². The Morgan fingerprint density at radius 3 is 2.21 bits per heavy atom. The molecule has 0 spiro atoms. The lowest BCUT2D eigenvalue weighted by Gasteiger charge is -2.33. The number of carbonyl (C=O) groups excluding carboxylic acids is 2. The molecular weight excluding hydrogens is 454 g/mol. The second kappa shape index (κ2) is 13.0. The molecule has 0 unspecified atom stereocenters. The largest absolute Gasteiger partial charge is 0.497 e. The fraction of sp³-hybridized carbons (Fsp3) is 0.440. The Bertz CT molecular complexity index is 1030.